The van der Waals surface area contributed by atoms with Crippen molar-refractivity contribution < 1.29 is 0 Å². The predicted molar refractivity (Wildman–Crippen MR) is 269 cm³/mol. The lowest BCUT2D eigenvalue weighted by Crippen LogP contribution is -2.00. The zero-order valence-electron chi connectivity index (χ0n) is 34.0. The first-order valence-electron chi connectivity index (χ1n) is 21.5. The first kappa shape index (κ1) is 34.6. The summed E-state index contributed by atoms with van der Waals surface area (Å²) in [6, 6.07) is 75.8. The monoisotopic (exact) mass is 817 g/mol. The topological polar surface area (TPSA) is 22.8 Å². The van der Waals surface area contributed by atoms with Gasteiger partial charge in [0.05, 0.1) is 26.8 Å². The van der Waals surface area contributed by atoms with Crippen molar-refractivity contribution in [2.24, 2.45) is 0 Å². The van der Waals surface area contributed by atoms with E-state index in [9.17, 15) is 0 Å². The maximum atomic E-state index is 5.26. The van der Waals surface area contributed by atoms with E-state index in [4.69, 9.17) is 4.98 Å². The van der Waals surface area contributed by atoms with E-state index in [0.717, 1.165) is 22.5 Å². The summed E-state index contributed by atoms with van der Waals surface area (Å²) in [5.41, 5.74) is 10.6. The SMILES string of the molecule is c1ccc(-n2c3ccccc3c3ccc4c5ccccc5n(-c5cc6c(cn5)sc5ccc(-c7cccc(-c8ccc9c%10ccccc%10c%10ccccc%10c9c8)c7)cc56)c4c32)cc1. The molecule has 0 radical (unpaired) electrons. The Morgan fingerprint density at radius 3 is 1.44 bits per heavy atom. The molecule has 4 aromatic heterocycles. The van der Waals surface area contributed by atoms with Gasteiger partial charge in [-0.1, -0.05) is 152 Å². The van der Waals surface area contributed by atoms with Gasteiger partial charge in [-0.25, -0.2) is 4.98 Å². The average Bonchev–Trinajstić information content (AvgIpc) is 4.01. The Balaban J connectivity index is 0.947. The minimum atomic E-state index is 0.912. The number of rotatable bonds is 4. The molecule has 0 atom stereocenters. The average molecular weight is 818 g/mol. The number of fused-ring (bicyclic) bond motifs is 16. The number of thiophene rings is 1. The van der Waals surface area contributed by atoms with E-state index in [0.29, 0.717) is 0 Å². The van der Waals surface area contributed by atoms with Crippen LogP contribution in [0.2, 0.25) is 0 Å². The largest absolute Gasteiger partial charge is 0.307 e. The Labute approximate surface area is 365 Å². The molecule has 0 saturated heterocycles. The van der Waals surface area contributed by atoms with Gasteiger partial charge >= 0.3 is 0 Å². The van der Waals surface area contributed by atoms with Gasteiger partial charge in [0, 0.05) is 48.9 Å². The Bertz CT molecular complexity index is 4170. The van der Waals surface area contributed by atoms with Crippen LogP contribution in [0, 0.1) is 0 Å². The molecule has 0 fully saturated rings. The highest BCUT2D eigenvalue weighted by atomic mass is 32.1. The van der Waals surface area contributed by atoms with E-state index < -0.39 is 0 Å². The Kier molecular flexibility index (Phi) is 7.27. The van der Waals surface area contributed by atoms with E-state index in [1.807, 2.05) is 11.3 Å². The number of benzene rings is 10. The van der Waals surface area contributed by atoms with Gasteiger partial charge < -0.3 is 4.57 Å². The van der Waals surface area contributed by atoms with Crippen LogP contribution < -0.4 is 0 Å². The number of hydrogen-bond donors (Lipinski definition) is 0. The third-order valence-corrected chi connectivity index (χ3v) is 14.4. The molecular weight excluding hydrogens is 783 g/mol. The standard InChI is InChI=1S/C59H35N3S/c1-2-15-40(16-3-1)61-53-23-10-8-21-46(53)48-28-29-49-47-22-9-11-24-54(47)62(59(49)58(48)61)57-34-52-51-33-39(26-30-55(51)63-56(52)35-60-57)37-14-12-13-36(31-37)38-25-27-45-43-19-5-4-17-41(43)42-18-6-7-20-44(42)50(45)32-38/h1-35H. The summed E-state index contributed by atoms with van der Waals surface area (Å²) in [6.45, 7) is 0. The quantitative estimate of drug-likeness (QED) is 0.162. The molecule has 10 aromatic carbocycles. The van der Waals surface area contributed by atoms with Crippen molar-refractivity contribution in [1.29, 1.82) is 0 Å². The van der Waals surface area contributed by atoms with Gasteiger partial charge in [0.25, 0.3) is 0 Å². The predicted octanol–water partition coefficient (Wildman–Crippen LogP) is 16.4. The maximum absolute atomic E-state index is 5.26. The molecule has 0 aliphatic heterocycles. The second kappa shape index (κ2) is 13.2. The molecule has 63 heavy (non-hydrogen) atoms. The second-order valence-electron chi connectivity index (χ2n) is 16.7. The van der Waals surface area contributed by atoms with E-state index in [1.54, 1.807) is 0 Å². The minimum absolute atomic E-state index is 0.912. The Morgan fingerprint density at radius 2 is 0.778 bits per heavy atom. The summed E-state index contributed by atoms with van der Waals surface area (Å²) in [5.74, 6) is 0.912. The van der Waals surface area contributed by atoms with Gasteiger partial charge in [-0.15, -0.1) is 11.3 Å². The highest BCUT2D eigenvalue weighted by Gasteiger charge is 2.22. The van der Waals surface area contributed by atoms with Gasteiger partial charge in [-0.2, -0.15) is 0 Å². The second-order valence-corrected chi connectivity index (χ2v) is 17.8. The molecule has 0 saturated carbocycles. The van der Waals surface area contributed by atoms with E-state index >= 15 is 0 Å². The lowest BCUT2D eigenvalue weighted by Gasteiger charge is -2.13. The first-order chi connectivity index (χ1) is 31.2. The third kappa shape index (κ3) is 5.04. The fraction of sp³-hybridized carbons (Fsp3) is 0. The van der Waals surface area contributed by atoms with Crippen LogP contribution in [0.4, 0.5) is 0 Å². The van der Waals surface area contributed by atoms with E-state index in [2.05, 4.69) is 222 Å². The number of pyridine rings is 1. The molecule has 3 nitrogen and oxygen atoms in total. The van der Waals surface area contributed by atoms with Gasteiger partial charge in [0.2, 0.25) is 0 Å². The molecule has 4 heteroatoms. The molecule has 14 aromatic rings. The third-order valence-electron chi connectivity index (χ3n) is 13.3. The summed E-state index contributed by atoms with van der Waals surface area (Å²) >= 11 is 1.81. The van der Waals surface area contributed by atoms with Crippen LogP contribution in [-0.4, -0.2) is 14.1 Å². The molecule has 0 amide bonds. The molecule has 4 heterocycles. The van der Waals surface area contributed by atoms with E-state index in [-0.39, 0.29) is 0 Å². The maximum Gasteiger partial charge on any atom is 0.138 e. The smallest absolute Gasteiger partial charge is 0.138 e. The molecule has 0 aliphatic carbocycles. The zero-order valence-corrected chi connectivity index (χ0v) is 34.8. The Morgan fingerprint density at radius 1 is 0.302 bits per heavy atom. The summed E-state index contributed by atoms with van der Waals surface area (Å²) < 4.78 is 7.27. The van der Waals surface area contributed by atoms with Crippen molar-refractivity contribution in [2.75, 3.05) is 0 Å². The molecular formula is C59H35N3S. The van der Waals surface area contributed by atoms with Crippen LogP contribution in [0.5, 0.6) is 0 Å². The highest BCUT2D eigenvalue weighted by Crippen LogP contribution is 2.44. The number of hydrogen-bond acceptors (Lipinski definition) is 2. The number of aromatic nitrogens is 3. The fourth-order valence-corrected chi connectivity index (χ4v) is 11.6. The highest BCUT2D eigenvalue weighted by molar-refractivity contribution is 7.25. The summed E-state index contributed by atoms with van der Waals surface area (Å²) in [4.78, 5) is 5.26. The van der Waals surface area contributed by atoms with Crippen LogP contribution in [0.1, 0.15) is 0 Å². The summed E-state index contributed by atoms with van der Waals surface area (Å²) in [6.07, 6.45) is 2.08. The number of para-hydroxylation sites is 3. The van der Waals surface area contributed by atoms with Crippen molar-refractivity contribution in [3.63, 3.8) is 0 Å². The Hall–Kier alpha value is -8.05. The van der Waals surface area contributed by atoms with Crippen LogP contribution in [0.25, 0.3) is 130 Å². The van der Waals surface area contributed by atoms with Gasteiger partial charge in [0.1, 0.15) is 5.82 Å². The fourth-order valence-electron chi connectivity index (χ4n) is 10.5. The van der Waals surface area contributed by atoms with Crippen LogP contribution in [0.15, 0.2) is 212 Å². The number of nitrogens with zero attached hydrogens (tertiary/aromatic N) is 3. The van der Waals surface area contributed by atoms with Crippen molar-refractivity contribution in [2.45, 2.75) is 0 Å². The van der Waals surface area contributed by atoms with Gasteiger partial charge in [-0.05, 0) is 109 Å². The molecule has 14 rings (SSSR count). The van der Waals surface area contributed by atoms with Crippen LogP contribution in [-0.2, 0) is 0 Å². The van der Waals surface area contributed by atoms with Crippen molar-refractivity contribution in [3.8, 4) is 33.8 Å². The van der Waals surface area contributed by atoms with E-state index in [1.165, 1.54) is 107 Å². The van der Waals surface area contributed by atoms with Crippen molar-refractivity contribution in [1.82, 2.24) is 14.1 Å². The minimum Gasteiger partial charge on any atom is -0.307 e. The molecule has 292 valence electrons. The van der Waals surface area contributed by atoms with Gasteiger partial charge in [0.15, 0.2) is 0 Å². The van der Waals surface area contributed by atoms with Crippen LogP contribution in [0.3, 0.4) is 0 Å². The normalized spacial score (nSPS) is 12.1. The lowest BCUT2D eigenvalue weighted by atomic mass is 9.91. The molecule has 0 spiro atoms. The summed E-state index contributed by atoms with van der Waals surface area (Å²) in [7, 11) is 0. The van der Waals surface area contributed by atoms with Gasteiger partial charge in [-0.3, -0.25) is 4.57 Å². The molecule has 0 unspecified atom stereocenters. The molecule has 0 aliphatic rings. The zero-order chi connectivity index (χ0) is 41.2. The lowest BCUT2D eigenvalue weighted by molar-refractivity contribution is 1.09. The summed E-state index contributed by atoms with van der Waals surface area (Å²) in [5, 5.41) is 15.1. The molecule has 0 N–H and O–H groups in total. The van der Waals surface area contributed by atoms with Crippen LogP contribution >= 0.6 is 11.3 Å². The van der Waals surface area contributed by atoms with Crippen molar-refractivity contribution in [3.05, 3.63) is 212 Å². The van der Waals surface area contributed by atoms with Crippen molar-refractivity contribution >= 4 is 107 Å². The first-order valence-corrected chi connectivity index (χ1v) is 22.3. The molecule has 0 bridgehead atoms.